The number of para-hydroxylation sites is 2. The number of carbonyl (C=O) groups is 1. The summed E-state index contributed by atoms with van der Waals surface area (Å²) in [5.41, 5.74) is 5.32. The highest BCUT2D eigenvalue weighted by atomic mass is 32.2. The summed E-state index contributed by atoms with van der Waals surface area (Å²) in [5, 5.41) is 10.6. The van der Waals surface area contributed by atoms with E-state index in [4.69, 9.17) is 0 Å². The van der Waals surface area contributed by atoms with Crippen LogP contribution in [0.15, 0.2) is 59.8 Å². The summed E-state index contributed by atoms with van der Waals surface area (Å²) in [4.78, 5) is 14.9. The van der Waals surface area contributed by atoms with Crippen LogP contribution in [0.25, 0.3) is 16.6 Å². The van der Waals surface area contributed by atoms with Gasteiger partial charge >= 0.3 is 0 Å². The molecule has 5 nitrogen and oxygen atoms in total. The van der Waals surface area contributed by atoms with Crippen molar-refractivity contribution in [2.24, 2.45) is 0 Å². The molecule has 1 atom stereocenters. The van der Waals surface area contributed by atoms with Crippen LogP contribution in [0.4, 0.5) is 5.69 Å². The molecule has 0 radical (unpaired) electrons. The minimum absolute atomic E-state index is 0.107. The molecule has 1 aliphatic rings. The molecule has 3 heterocycles. The van der Waals surface area contributed by atoms with Gasteiger partial charge in [-0.15, -0.1) is 10.2 Å². The van der Waals surface area contributed by atoms with Crippen LogP contribution in [0.5, 0.6) is 0 Å². The number of rotatable bonds is 3. The van der Waals surface area contributed by atoms with Crippen LogP contribution in [0.2, 0.25) is 0 Å². The molecule has 6 heteroatoms. The summed E-state index contributed by atoms with van der Waals surface area (Å²) in [6.45, 7) is 4.19. The second kappa shape index (κ2) is 6.63. The molecule has 0 saturated carbocycles. The summed E-state index contributed by atoms with van der Waals surface area (Å²) in [7, 11) is 0. The molecule has 140 valence electrons. The van der Waals surface area contributed by atoms with Gasteiger partial charge in [-0.05, 0) is 49.6 Å². The molecule has 0 N–H and O–H groups in total. The average molecular weight is 388 g/mol. The van der Waals surface area contributed by atoms with Crippen LogP contribution in [-0.2, 0) is 11.2 Å². The van der Waals surface area contributed by atoms with Gasteiger partial charge in [-0.25, -0.2) is 0 Å². The molecule has 0 aliphatic carbocycles. The molecule has 0 spiro atoms. The van der Waals surface area contributed by atoms with Crippen molar-refractivity contribution >= 4 is 39.9 Å². The number of aromatic nitrogens is 3. The zero-order valence-corrected chi connectivity index (χ0v) is 16.6. The van der Waals surface area contributed by atoms with Crippen molar-refractivity contribution in [3.63, 3.8) is 0 Å². The van der Waals surface area contributed by atoms with Gasteiger partial charge in [-0.2, -0.15) is 0 Å². The second-order valence-corrected chi connectivity index (χ2v) is 8.20. The third kappa shape index (κ3) is 2.67. The summed E-state index contributed by atoms with van der Waals surface area (Å²) >= 11 is 1.45. The minimum atomic E-state index is 0.107. The number of amides is 1. The average Bonchev–Trinajstić information content (AvgIpc) is 3.26. The number of carbonyl (C=O) groups excluding carboxylic acids is 1. The van der Waals surface area contributed by atoms with Crippen LogP contribution in [0.3, 0.4) is 0 Å². The van der Waals surface area contributed by atoms with Gasteiger partial charge in [0.1, 0.15) is 0 Å². The summed E-state index contributed by atoms with van der Waals surface area (Å²) < 4.78 is 2.04. The Labute approximate surface area is 167 Å². The lowest BCUT2D eigenvalue weighted by Crippen LogP contribution is -2.37. The Morgan fingerprint density at radius 2 is 1.93 bits per heavy atom. The summed E-state index contributed by atoms with van der Waals surface area (Å²) in [6.07, 6.45) is 0.907. The van der Waals surface area contributed by atoms with Gasteiger partial charge in [0.2, 0.25) is 5.91 Å². The zero-order valence-electron chi connectivity index (χ0n) is 15.8. The molecule has 0 fully saturated rings. The number of benzene rings is 2. The Morgan fingerprint density at radius 3 is 2.82 bits per heavy atom. The molecule has 28 heavy (non-hydrogen) atoms. The Kier molecular flexibility index (Phi) is 4.09. The highest BCUT2D eigenvalue weighted by Crippen LogP contribution is 2.33. The van der Waals surface area contributed by atoms with Crippen molar-refractivity contribution in [3.8, 4) is 0 Å². The normalized spacial score (nSPS) is 16.1. The maximum Gasteiger partial charge on any atom is 0.237 e. The molecular weight excluding hydrogens is 368 g/mol. The first-order valence-corrected chi connectivity index (χ1v) is 10.4. The fraction of sp³-hybridized carbons (Fsp3) is 0.227. The smallest absolute Gasteiger partial charge is 0.237 e. The molecule has 2 aromatic carbocycles. The van der Waals surface area contributed by atoms with Crippen LogP contribution in [0, 0.1) is 6.92 Å². The highest BCUT2D eigenvalue weighted by Gasteiger charge is 2.30. The third-order valence-corrected chi connectivity index (χ3v) is 6.29. The van der Waals surface area contributed by atoms with Gasteiger partial charge in [0, 0.05) is 17.1 Å². The molecule has 5 rings (SSSR count). The topological polar surface area (TPSA) is 50.5 Å². The molecule has 0 bridgehead atoms. The molecular formula is C22H20N4OS. The molecule has 2 aromatic heterocycles. The van der Waals surface area contributed by atoms with E-state index in [0.717, 1.165) is 28.4 Å². The van der Waals surface area contributed by atoms with E-state index in [-0.39, 0.29) is 11.9 Å². The minimum Gasteiger partial charge on any atom is -0.308 e. The fourth-order valence-corrected chi connectivity index (χ4v) is 4.92. The van der Waals surface area contributed by atoms with E-state index in [1.165, 1.54) is 28.3 Å². The van der Waals surface area contributed by atoms with E-state index in [1.54, 1.807) is 0 Å². The zero-order chi connectivity index (χ0) is 19.3. The molecule has 1 aliphatic heterocycles. The maximum absolute atomic E-state index is 13.0. The second-order valence-electron chi connectivity index (χ2n) is 7.25. The van der Waals surface area contributed by atoms with Crippen LogP contribution >= 0.6 is 11.8 Å². The lowest BCUT2D eigenvalue weighted by atomic mass is 10.1. The number of anilines is 1. The SMILES string of the molecule is Cc1cc2nnc(SCC(=O)N3c4ccccc4C[C@H]3C)n2c2ccccc12. The van der Waals surface area contributed by atoms with Gasteiger partial charge in [-0.3, -0.25) is 9.20 Å². The van der Waals surface area contributed by atoms with E-state index >= 15 is 0 Å². The van der Waals surface area contributed by atoms with E-state index < -0.39 is 0 Å². The standard InChI is InChI=1S/C22H20N4OS/c1-14-11-20-23-24-22(26(20)19-10-6-4-8-17(14)19)28-13-21(27)25-15(2)12-16-7-3-5-9-18(16)25/h3-11,15H,12-13H2,1-2H3/t15-/m1/s1. The van der Waals surface area contributed by atoms with Crippen molar-refractivity contribution in [1.82, 2.24) is 14.6 Å². The number of hydrogen-bond acceptors (Lipinski definition) is 4. The molecule has 0 unspecified atom stereocenters. The summed E-state index contributed by atoms with van der Waals surface area (Å²) in [6, 6.07) is 18.6. The molecule has 4 aromatic rings. The molecule has 1 amide bonds. The van der Waals surface area contributed by atoms with Crippen molar-refractivity contribution < 1.29 is 4.79 Å². The van der Waals surface area contributed by atoms with Crippen LogP contribution in [-0.4, -0.2) is 32.3 Å². The largest absolute Gasteiger partial charge is 0.308 e. The summed E-state index contributed by atoms with van der Waals surface area (Å²) in [5.74, 6) is 0.442. The highest BCUT2D eigenvalue weighted by molar-refractivity contribution is 7.99. The first kappa shape index (κ1) is 17.3. The Bertz CT molecular complexity index is 1220. The van der Waals surface area contributed by atoms with Gasteiger partial charge in [0.25, 0.3) is 0 Å². The van der Waals surface area contributed by atoms with Crippen LogP contribution < -0.4 is 4.90 Å². The predicted molar refractivity (Wildman–Crippen MR) is 113 cm³/mol. The number of hydrogen-bond donors (Lipinski definition) is 0. The van der Waals surface area contributed by atoms with Crippen molar-refractivity contribution in [2.75, 3.05) is 10.7 Å². The first-order chi connectivity index (χ1) is 13.6. The number of pyridine rings is 1. The van der Waals surface area contributed by atoms with Gasteiger partial charge in [0.15, 0.2) is 10.8 Å². The predicted octanol–water partition coefficient (Wildman–Crippen LogP) is 4.26. The number of thioether (sulfide) groups is 1. The Morgan fingerprint density at radius 1 is 1.14 bits per heavy atom. The van der Waals surface area contributed by atoms with Crippen LogP contribution in [0.1, 0.15) is 18.1 Å². The van der Waals surface area contributed by atoms with E-state index in [1.807, 2.05) is 45.7 Å². The van der Waals surface area contributed by atoms with E-state index in [9.17, 15) is 4.79 Å². The third-order valence-electron chi connectivity index (χ3n) is 5.37. The van der Waals surface area contributed by atoms with Crippen molar-refractivity contribution in [3.05, 3.63) is 65.7 Å². The lowest BCUT2D eigenvalue weighted by Gasteiger charge is -2.22. The maximum atomic E-state index is 13.0. The van der Waals surface area contributed by atoms with Gasteiger partial charge < -0.3 is 4.90 Å². The van der Waals surface area contributed by atoms with Gasteiger partial charge in [0.05, 0.1) is 11.3 Å². The quantitative estimate of drug-likeness (QED) is 0.492. The number of aryl methyl sites for hydroxylation is 1. The Hall–Kier alpha value is -2.86. The Balaban J connectivity index is 1.45. The van der Waals surface area contributed by atoms with E-state index in [0.29, 0.717) is 5.75 Å². The van der Waals surface area contributed by atoms with Gasteiger partial charge in [-0.1, -0.05) is 48.2 Å². The first-order valence-electron chi connectivity index (χ1n) is 9.40. The fourth-order valence-electron chi connectivity index (χ4n) is 4.11. The van der Waals surface area contributed by atoms with E-state index in [2.05, 4.69) is 42.2 Å². The van der Waals surface area contributed by atoms with Crippen molar-refractivity contribution in [1.29, 1.82) is 0 Å². The lowest BCUT2D eigenvalue weighted by molar-refractivity contribution is -0.116. The number of fused-ring (bicyclic) bond motifs is 4. The number of nitrogens with zero attached hydrogens (tertiary/aromatic N) is 4. The van der Waals surface area contributed by atoms with Crippen molar-refractivity contribution in [2.45, 2.75) is 31.5 Å². The monoisotopic (exact) mass is 388 g/mol. The molecule has 0 saturated heterocycles.